The van der Waals surface area contributed by atoms with Crippen molar-refractivity contribution in [2.45, 2.75) is 301 Å². The topological polar surface area (TPSA) is 130 Å². The van der Waals surface area contributed by atoms with Crippen LogP contribution in [0.25, 0.3) is 0 Å². The van der Waals surface area contributed by atoms with Crippen molar-refractivity contribution in [3.05, 3.63) is 12.2 Å². The molecule has 1 fully saturated rings. The van der Waals surface area contributed by atoms with E-state index in [9.17, 15) is 30.3 Å². The highest BCUT2D eigenvalue weighted by molar-refractivity contribution is 5.76. The third kappa shape index (κ3) is 31.8. The largest absolute Gasteiger partial charge is 0.396 e. The maximum Gasteiger partial charge on any atom is 0.220 e. The number of carbonyl (C=O) groups excluding carboxylic acids is 1. The van der Waals surface area contributed by atoms with Gasteiger partial charge in [-0.25, -0.2) is 0 Å². The van der Waals surface area contributed by atoms with E-state index in [-0.39, 0.29) is 18.4 Å². The summed E-state index contributed by atoms with van der Waals surface area (Å²) in [5, 5.41) is 55.3. The highest BCUT2D eigenvalue weighted by Gasteiger charge is 2.42. The summed E-state index contributed by atoms with van der Waals surface area (Å²) in [4.78, 5) is 13.1. The molecule has 0 aliphatic heterocycles. The van der Waals surface area contributed by atoms with Crippen LogP contribution in [0.2, 0.25) is 0 Å². The summed E-state index contributed by atoms with van der Waals surface area (Å²) in [5.74, 6) is -0.883. The lowest BCUT2D eigenvalue weighted by molar-refractivity contribution is -0.143. The van der Waals surface area contributed by atoms with E-state index in [4.69, 9.17) is 0 Å². The van der Waals surface area contributed by atoms with Gasteiger partial charge in [0.25, 0.3) is 0 Å². The van der Waals surface area contributed by atoms with E-state index in [2.05, 4.69) is 19.2 Å². The van der Waals surface area contributed by atoms with Crippen molar-refractivity contribution in [1.29, 1.82) is 0 Å². The second-order valence-corrected chi connectivity index (χ2v) is 19.3. The van der Waals surface area contributed by atoms with Crippen molar-refractivity contribution < 1.29 is 30.3 Å². The molecule has 7 nitrogen and oxygen atoms in total. The third-order valence-corrected chi connectivity index (χ3v) is 13.7. The van der Waals surface area contributed by atoms with Gasteiger partial charge in [0, 0.05) is 18.9 Å². The van der Waals surface area contributed by atoms with Crippen LogP contribution in [0.4, 0.5) is 0 Å². The minimum Gasteiger partial charge on any atom is -0.396 e. The van der Waals surface area contributed by atoms with Crippen LogP contribution in [0.1, 0.15) is 271 Å². The lowest BCUT2D eigenvalue weighted by Crippen LogP contribution is -2.52. The Kier molecular flexibility index (Phi) is 39.9. The summed E-state index contributed by atoms with van der Waals surface area (Å²) in [5.41, 5.74) is 0. The fourth-order valence-corrected chi connectivity index (χ4v) is 9.44. The van der Waals surface area contributed by atoms with Crippen molar-refractivity contribution in [1.82, 2.24) is 5.32 Å². The first-order valence-electron chi connectivity index (χ1n) is 26.6. The Morgan fingerprint density at radius 2 is 0.867 bits per heavy atom. The molecule has 1 rings (SSSR count). The Morgan fingerprint density at radius 3 is 1.25 bits per heavy atom. The van der Waals surface area contributed by atoms with E-state index in [0.717, 1.165) is 32.1 Å². The number of unbranched alkanes of at least 4 members (excludes halogenated alkanes) is 34. The normalized spacial score (nSPS) is 20.6. The van der Waals surface area contributed by atoms with Crippen LogP contribution in [-0.2, 0) is 4.79 Å². The molecule has 356 valence electrons. The van der Waals surface area contributed by atoms with E-state index in [1.807, 2.05) is 12.2 Å². The predicted octanol–water partition coefficient (Wildman–Crippen LogP) is 13.4. The van der Waals surface area contributed by atoms with Gasteiger partial charge in [0.1, 0.15) is 6.10 Å². The fraction of sp³-hybridized carbons (Fsp3) is 0.943. The zero-order chi connectivity index (χ0) is 43.7. The van der Waals surface area contributed by atoms with Gasteiger partial charge >= 0.3 is 0 Å². The van der Waals surface area contributed by atoms with E-state index < -0.39 is 36.4 Å². The van der Waals surface area contributed by atoms with Crippen molar-refractivity contribution in [2.24, 2.45) is 11.8 Å². The van der Waals surface area contributed by atoms with Gasteiger partial charge in [-0.3, -0.25) is 4.79 Å². The zero-order valence-corrected chi connectivity index (χ0v) is 39.8. The fourth-order valence-electron chi connectivity index (χ4n) is 9.44. The molecule has 0 spiro atoms. The quantitative estimate of drug-likeness (QED) is 0.0267. The van der Waals surface area contributed by atoms with Crippen LogP contribution >= 0.6 is 0 Å². The Bertz CT molecular complexity index is 944. The maximum atomic E-state index is 13.1. The van der Waals surface area contributed by atoms with Crippen LogP contribution in [0.5, 0.6) is 0 Å². The molecular weight excluding hydrogens is 747 g/mol. The number of hydrogen-bond donors (Lipinski definition) is 6. The van der Waals surface area contributed by atoms with Gasteiger partial charge < -0.3 is 30.8 Å². The molecule has 1 amide bonds. The number of aliphatic hydroxyl groups is 5. The Balaban J connectivity index is 2.22. The van der Waals surface area contributed by atoms with Crippen molar-refractivity contribution in [3.63, 3.8) is 0 Å². The first-order chi connectivity index (χ1) is 29.3. The molecule has 1 aliphatic carbocycles. The minimum absolute atomic E-state index is 0.0514. The van der Waals surface area contributed by atoms with Gasteiger partial charge in [-0.15, -0.1) is 0 Å². The Labute approximate surface area is 372 Å². The van der Waals surface area contributed by atoms with Crippen LogP contribution in [0.3, 0.4) is 0 Å². The smallest absolute Gasteiger partial charge is 0.220 e. The van der Waals surface area contributed by atoms with Gasteiger partial charge in [-0.2, -0.15) is 0 Å². The van der Waals surface area contributed by atoms with Gasteiger partial charge in [-0.05, 0) is 44.4 Å². The lowest BCUT2D eigenvalue weighted by Gasteiger charge is -2.40. The van der Waals surface area contributed by atoms with Crippen molar-refractivity contribution in [2.75, 3.05) is 6.61 Å². The molecule has 0 aromatic carbocycles. The number of allylic oxidation sites excluding steroid dienone is 1. The molecule has 60 heavy (non-hydrogen) atoms. The molecule has 7 heteroatoms. The summed E-state index contributed by atoms with van der Waals surface area (Å²) < 4.78 is 0. The molecule has 0 heterocycles. The molecule has 0 saturated heterocycles. The molecule has 7 atom stereocenters. The molecule has 1 saturated carbocycles. The summed E-state index contributed by atoms with van der Waals surface area (Å²) in [6.07, 6.45) is 48.7. The van der Waals surface area contributed by atoms with Crippen LogP contribution in [-0.4, -0.2) is 68.5 Å². The summed E-state index contributed by atoms with van der Waals surface area (Å²) >= 11 is 0. The first kappa shape index (κ1) is 57.0. The van der Waals surface area contributed by atoms with Crippen LogP contribution < -0.4 is 5.32 Å². The first-order valence-corrected chi connectivity index (χ1v) is 26.6. The standard InChI is InChI=1S/C53H103NO6/c1-3-5-7-9-11-13-15-17-18-19-20-21-22-23-24-25-26-27-29-31-33-35-37-39-41-50(57)54-48(43-42-46-44-47(45-55)52(59)53(60)51(46)58)49(56)40-38-36-34-32-30-28-16-14-12-10-8-6-4-2/h38,40,46-49,51-53,55-56,58-60H,3-37,39,41-45H2,1-2H3,(H,54,57)/b40-38+/t46-,47+,48-,49+,51-,52-,53+/m0/s1. The molecule has 0 radical (unpaired) electrons. The van der Waals surface area contributed by atoms with E-state index in [0.29, 0.717) is 25.7 Å². The summed E-state index contributed by atoms with van der Waals surface area (Å²) in [7, 11) is 0. The predicted molar refractivity (Wildman–Crippen MR) is 255 cm³/mol. The molecule has 0 unspecified atom stereocenters. The maximum absolute atomic E-state index is 13.1. The van der Waals surface area contributed by atoms with Gasteiger partial charge in [-0.1, -0.05) is 238 Å². The Hall–Kier alpha value is -0.990. The average molecular weight is 850 g/mol. The number of hydrogen-bond acceptors (Lipinski definition) is 6. The number of nitrogens with one attached hydrogen (secondary N) is 1. The second kappa shape index (κ2) is 42.0. The van der Waals surface area contributed by atoms with Crippen LogP contribution in [0, 0.1) is 11.8 Å². The Morgan fingerprint density at radius 1 is 0.517 bits per heavy atom. The summed E-state index contributed by atoms with van der Waals surface area (Å²) in [6, 6.07) is -0.496. The SMILES string of the molecule is CCCCCCCCCCCCC/C=C/[C@@H](O)[C@H](CC[C@H]1C[C@H](CO)[C@H](O)[C@H](O)[C@H]1O)NC(=O)CCCCCCCCCCCCCCCCCCCCCCCCCC. The summed E-state index contributed by atoms with van der Waals surface area (Å²) in [6.45, 7) is 4.29. The van der Waals surface area contributed by atoms with Crippen molar-refractivity contribution >= 4 is 5.91 Å². The lowest BCUT2D eigenvalue weighted by atomic mass is 9.74. The molecule has 6 N–H and O–H groups in total. The minimum atomic E-state index is -1.31. The molecule has 0 aromatic heterocycles. The molecule has 1 aliphatic rings. The third-order valence-electron chi connectivity index (χ3n) is 13.7. The molecule has 0 aromatic rings. The highest BCUT2D eigenvalue weighted by Crippen LogP contribution is 2.33. The zero-order valence-electron chi connectivity index (χ0n) is 39.8. The van der Waals surface area contributed by atoms with E-state index in [1.54, 1.807) is 0 Å². The second-order valence-electron chi connectivity index (χ2n) is 19.3. The monoisotopic (exact) mass is 850 g/mol. The van der Waals surface area contributed by atoms with Gasteiger partial charge in [0.2, 0.25) is 5.91 Å². The average Bonchev–Trinajstić information content (AvgIpc) is 3.25. The van der Waals surface area contributed by atoms with E-state index in [1.165, 1.54) is 199 Å². The van der Waals surface area contributed by atoms with Crippen molar-refractivity contribution in [3.8, 4) is 0 Å². The van der Waals surface area contributed by atoms with E-state index >= 15 is 0 Å². The number of rotatable bonds is 44. The van der Waals surface area contributed by atoms with Crippen LogP contribution in [0.15, 0.2) is 12.2 Å². The van der Waals surface area contributed by atoms with Gasteiger partial charge in [0.05, 0.1) is 24.4 Å². The molecule has 0 bridgehead atoms. The number of aliphatic hydroxyl groups excluding tert-OH is 5. The number of carbonyl (C=O) groups is 1. The number of amides is 1. The van der Waals surface area contributed by atoms with Gasteiger partial charge in [0.15, 0.2) is 0 Å². The highest BCUT2D eigenvalue weighted by atomic mass is 16.4. The molecular formula is C53H103NO6.